The van der Waals surface area contributed by atoms with E-state index in [9.17, 15) is 4.79 Å². The summed E-state index contributed by atoms with van der Waals surface area (Å²) in [7, 11) is 0. The lowest BCUT2D eigenvalue weighted by atomic mass is 9.94. The average molecular weight is 270 g/mol. The number of rotatable bonds is 3. The Kier molecular flexibility index (Phi) is 5.83. The fourth-order valence-corrected chi connectivity index (χ4v) is 3.64. The van der Waals surface area contributed by atoms with E-state index >= 15 is 0 Å². The number of nitrogens with zero attached hydrogens (tertiary/aromatic N) is 2. The first-order chi connectivity index (χ1) is 8.81. The standard InChI is InChI=1S/C14H26N2OS/c1-18-12-14(17)16-9-5-8-15(10-11-16)13-6-3-2-4-7-13/h13H,2-12H2,1H3. The van der Waals surface area contributed by atoms with Crippen LogP contribution in [0.15, 0.2) is 0 Å². The van der Waals surface area contributed by atoms with E-state index in [2.05, 4.69) is 9.80 Å². The Morgan fingerprint density at radius 1 is 1.06 bits per heavy atom. The third-order valence-electron chi connectivity index (χ3n) is 4.24. The predicted molar refractivity (Wildman–Crippen MR) is 78.0 cm³/mol. The minimum Gasteiger partial charge on any atom is -0.341 e. The zero-order chi connectivity index (χ0) is 12.8. The van der Waals surface area contributed by atoms with Crippen molar-refractivity contribution in [2.24, 2.45) is 0 Å². The Morgan fingerprint density at radius 3 is 2.56 bits per heavy atom. The maximum absolute atomic E-state index is 11.9. The summed E-state index contributed by atoms with van der Waals surface area (Å²) < 4.78 is 0. The quantitative estimate of drug-likeness (QED) is 0.785. The molecule has 0 atom stereocenters. The minimum atomic E-state index is 0.327. The SMILES string of the molecule is CSCC(=O)N1CCCN(C2CCCCC2)CC1. The van der Waals surface area contributed by atoms with Gasteiger partial charge in [0.15, 0.2) is 0 Å². The Bertz CT molecular complexity index is 267. The van der Waals surface area contributed by atoms with Crippen LogP contribution < -0.4 is 0 Å². The maximum atomic E-state index is 11.9. The van der Waals surface area contributed by atoms with Gasteiger partial charge in [-0.05, 0) is 25.5 Å². The van der Waals surface area contributed by atoms with Crippen LogP contribution in [-0.4, -0.2) is 59.9 Å². The van der Waals surface area contributed by atoms with Crippen molar-refractivity contribution >= 4 is 17.7 Å². The first-order valence-electron chi connectivity index (χ1n) is 7.32. The van der Waals surface area contributed by atoms with Gasteiger partial charge in [-0.1, -0.05) is 19.3 Å². The Morgan fingerprint density at radius 2 is 1.83 bits per heavy atom. The van der Waals surface area contributed by atoms with E-state index in [-0.39, 0.29) is 0 Å². The Hall–Kier alpha value is -0.220. The number of hydrogen-bond donors (Lipinski definition) is 0. The highest BCUT2D eigenvalue weighted by Crippen LogP contribution is 2.23. The summed E-state index contributed by atoms with van der Waals surface area (Å²) in [6, 6.07) is 0.800. The third-order valence-corrected chi connectivity index (χ3v) is 4.78. The fraction of sp³-hybridized carbons (Fsp3) is 0.929. The van der Waals surface area contributed by atoms with E-state index in [4.69, 9.17) is 0 Å². The van der Waals surface area contributed by atoms with Crippen LogP contribution in [0, 0.1) is 0 Å². The van der Waals surface area contributed by atoms with Crippen LogP contribution in [0.3, 0.4) is 0 Å². The highest BCUT2D eigenvalue weighted by molar-refractivity contribution is 7.99. The van der Waals surface area contributed by atoms with Gasteiger partial charge in [-0.15, -0.1) is 0 Å². The lowest BCUT2D eigenvalue weighted by molar-refractivity contribution is -0.128. The van der Waals surface area contributed by atoms with E-state index in [0.29, 0.717) is 11.7 Å². The topological polar surface area (TPSA) is 23.6 Å². The molecule has 1 aliphatic heterocycles. The summed E-state index contributed by atoms with van der Waals surface area (Å²) >= 11 is 1.63. The molecule has 1 heterocycles. The van der Waals surface area contributed by atoms with Crippen molar-refractivity contribution in [2.45, 2.75) is 44.6 Å². The Labute approximate surface area is 115 Å². The van der Waals surface area contributed by atoms with Gasteiger partial charge in [0.1, 0.15) is 0 Å². The summed E-state index contributed by atoms with van der Waals surface area (Å²) in [5.74, 6) is 0.969. The van der Waals surface area contributed by atoms with Crippen molar-refractivity contribution in [3.63, 3.8) is 0 Å². The minimum absolute atomic E-state index is 0.327. The molecule has 0 aromatic rings. The molecule has 0 N–H and O–H groups in total. The maximum Gasteiger partial charge on any atom is 0.232 e. The van der Waals surface area contributed by atoms with E-state index in [0.717, 1.165) is 32.1 Å². The van der Waals surface area contributed by atoms with Crippen molar-refractivity contribution < 1.29 is 4.79 Å². The molecule has 2 aliphatic rings. The number of thioether (sulfide) groups is 1. The van der Waals surface area contributed by atoms with Crippen LogP contribution in [0.4, 0.5) is 0 Å². The van der Waals surface area contributed by atoms with E-state index in [1.165, 1.54) is 38.6 Å². The number of hydrogen-bond acceptors (Lipinski definition) is 3. The summed E-state index contributed by atoms with van der Waals surface area (Å²) in [5.41, 5.74) is 0. The summed E-state index contributed by atoms with van der Waals surface area (Å²) in [6.45, 7) is 4.18. The van der Waals surface area contributed by atoms with Gasteiger partial charge in [0.05, 0.1) is 5.75 Å². The molecule has 0 radical (unpaired) electrons. The van der Waals surface area contributed by atoms with Gasteiger partial charge in [0.25, 0.3) is 0 Å². The largest absolute Gasteiger partial charge is 0.341 e. The second-order valence-electron chi connectivity index (χ2n) is 5.50. The summed E-state index contributed by atoms with van der Waals surface area (Å²) in [4.78, 5) is 16.6. The first kappa shape index (κ1) is 14.2. The molecular weight excluding hydrogens is 244 g/mol. The van der Waals surface area contributed by atoms with Gasteiger partial charge in [0, 0.05) is 32.2 Å². The monoisotopic (exact) mass is 270 g/mol. The first-order valence-corrected chi connectivity index (χ1v) is 8.71. The second-order valence-corrected chi connectivity index (χ2v) is 6.36. The molecule has 0 unspecified atom stereocenters. The van der Waals surface area contributed by atoms with Crippen molar-refractivity contribution in [3.05, 3.63) is 0 Å². The summed E-state index contributed by atoms with van der Waals surface area (Å²) in [6.07, 6.45) is 10.1. The van der Waals surface area contributed by atoms with Gasteiger partial charge in [0.2, 0.25) is 5.91 Å². The molecule has 0 aromatic heterocycles. The zero-order valence-corrected chi connectivity index (χ0v) is 12.4. The van der Waals surface area contributed by atoms with Crippen LogP contribution in [0.2, 0.25) is 0 Å². The van der Waals surface area contributed by atoms with Crippen LogP contribution in [0.25, 0.3) is 0 Å². The lowest BCUT2D eigenvalue weighted by Crippen LogP contribution is -2.40. The molecule has 4 heteroatoms. The fourth-order valence-electron chi connectivity index (χ4n) is 3.21. The molecular formula is C14H26N2OS. The van der Waals surface area contributed by atoms with Gasteiger partial charge in [-0.2, -0.15) is 11.8 Å². The molecule has 104 valence electrons. The lowest BCUT2D eigenvalue weighted by Gasteiger charge is -2.33. The smallest absolute Gasteiger partial charge is 0.232 e. The highest BCUT2D eigenvalue weighted by atomic mass is 32.2. The predicted octanol–water partition coefficient (Wildman–Crippen LogP) is 2.22. The van der Waals surface area contributed by atoms with Crippen molar-refractivity contribution in [1.29, 1.82) is 0 Å². The molecule has 1 saturated heterocycles. The molecule has 2 fully saturated rings. The van der Waals surface area contributed by atoms with Crippen LogP contribution in [0.1, 0.15) is 38.5 Å². The third kappa shape index (κ3) is 3.89. The molecule has 1 aliphatic carbocycles. The number of carbonyl (C=O) groups excluding carboxylic acids is 1. The number of amides is 1. The van der Waals surface area contributed by atoms with Crippen molar-refractivity contribution in [1.82, 2.24) is 9.80 Å². The normalized spacial score (nSPS) is 23.9. The molecule has 2 rings (SSSR count). The van der Waals surface area contributed by atoms with E-state index in [1.807, 2.05) is 6.26 Å². The molecule has 1 amide bonds. The molecule has 0 spiro atoms. The molecule has 3 nitrogen and oxygen atoms in total. The van der Waals surface area contributed by atoms with E-state index < -0.39 is 0 Å². The van der Waals surface area contributed by atoms with Crippen LogP contribution >= 0.6 is 11.8 Å². The van der Waals surface area contributed by atoms with Gasteiger partial charge in [-0.25, -0.2) is 0 Å². The van der Waals surface area contributed by atoms with Crippen LogP contribution in [-0.2, 0) is 4.79 Å². The molecule has 0 bridgehead atoms. The van der Waals surface area contributed by atoms with Gasteiger partial charge in [-0.3, -0.25) is 9.69 Å². The van der Waals surface area contributed by atoms with Gasteiger partial charge >= 0.3 is 0 Å². The van der Waals surface area contributed by atoms with Gasteiger partial charge < -0.3 is 4.90 Å². The second kappa shape index (κ2) is 7.39. The zero-order valence-electron chi connectivity index (χ0n) is 11.6. The van der Waals surface area contributed by atoms with Crippen LogP contribution in [0.5, 0.6) is 0 Å². The highest BCUT2D eigenvalue weighted by Gasteiger charge is 2.24. The molecule has 0 aromatic carbocycles. The molecule has 18 heavy (non-hydrogen) atoms. The number of carbonyl (C=O) groups is 1. The summed E-state index contributed by atoms with van der Waals surface area (Å²) in [5, 5.41) is 0. The van der Waals surface area contributed by atoms with E-state index in [1.54, 1.807) is 11.8 Å². The average Bonchev–Trinajstić information content (AvgIpc) is 2.66. The van der Waals surface area contributed by atoms with Crippen molar-refractivity contribution in [2.75, 3.05) is 38.2 Å². The van der Waals surface area contributed by atoms with Crippen molar-refractivity contribution in [3.8, 4) is 0 Å². The Balaban J connectivity index is 1.82. The molecule has 1 saturated carbocycles.